The molecule has 0 aliphatic rings. The van der Waals surface area contributed by atoms with Crippen LogP contribution in [-0.2, 0) is 9.47 Å². The van der Waals surface area contributed by atoms with Gasteiger partial charge in [-0.1, -0.05) is 13.0 Å². The minimum absolute atomic E-state index is 0.0701. The van der Waals surface area contributed by atoms with Gasteiger partial charge >= 0.3 is 0 Å². The van der Waals surface area contributed by atoms with E-state index >= 15 is 0 Å². The number of ether oxygens (including phenoxy) is 2. The third-order valence-electron chi connectivity index (χ3n) is 1.68. The Morgan fingerprint density at radius 2 is 1.91 bits per heavy atom. The molecule has 2 nitrogen and oxygen atoms in total. The van der Waals surface area contributed by atoms with Crippen molar-refractivity contribution < 1.29 is 9.47 Å². The molecule has 0 amide bonds. The predicted octanol–water partition coefficient (Wildman–Crippen LogP) is 1.02. The van der Waals surface area contributed by atoms with E-state index in [0.29, 0.717) is 5.92 Å². The van der Waals surface area contributed by atoms with E-state index in [1.54, 1.807) is 14.2 Å². The first-order valence-electron chi connectivity index (χ1n) is 3.86. The Morgan fingerprint density at radius 3 is 2.27 bits per heavy atom. The van der Waals surface area contributed by atoms with E-state index in [0.717, 1.165) is 5.88 Å². The molecule has 0 saturated heterocycles. The van der Waals surface area contributed by atoms with Crippen LogP contribution in [0.3, 0.4) is 0 Å². The lowest BCUT2D eigenvalue weighted by atomic mass is 10.3. The van der Waals surface area contributed by atoms with E-state index < -0.39 is 0 Å². The first-order valence-corrected chi connectivity index (χ1v) is 6.21. The topological polar surface area (TPSA) is 18.5 Å². The van der Waals surface area contributed by atoms with Crippen molar-refractivity contribution in [3.8, 4) is 0 Å². The molecule has 0 aliphatic heterocycles. The summed E-state index contributed by atoms with van der Waals surface area (Å²) in [7, 11) is 3.11. The molecule has 68 valence electrons. The van der Waals surface area contributed by atoms with Crippen molar-refractivity contribution in [1.82, 2.24) is 0 Å². The quantitative estimate of drug-likeness (QED) is 0.359. The molecule has 1 atom stereocenters. The SMILES string of the molecule is COC(OC)[SiH2]C[C@H](C)CCl. The molecule has 0 aromatic heterocycles. The first kappa shape index (κ1) is 11.4. The van der Waals surface area contributed by atoms with Crippen LogP contribution in [0.1, 0.15) is 6.92 Å². The van der Waals surface area contributed by atoms with Gasteiger partial charge in [0.15, 0.2) is 0 Å². The zero-order valence-electron chi connectivity index (χ0n) is 7.47. The van der Waals surface area contributed by atoms with Gasteiger partial charge in [-0.25, -0.2) is 0 Å². The molecule has 11 heavy (non-hydrogen) atoms. The minimum atomic E-state index is -0.262. The Morgan fingerprint density at radius 1 is 1.36 bits per heavy atom. The van der Waals surface area contributed by atoms with Gasteiger partial charge in [-0.3, -0.25) is 0 Å². The number of rotatable bonds is 6. The van der Waals surface area contributed by atoms with E-state index in [1.165, 1.54) is 6.04 Å². The third-order valence-corrected chi connectivity index (χ3v) is 4.67. The van der Waals surface area contributed by atoms with Crippen molar-refractivity contribution in [1.29, 1.82) is 0 Å². The molecule has 0 saturated carbocycles. The van der Waals surface area contributed by atoms with Gasteiger partial charge in [0.1, 0.15) is 5.91 Å². The normalized spacial score (nSPS) is 15.0. The molecule has 0 bridgehead atoms. The fourth-order valence-corrected chi connectivity index (χ4v) is 2.76. The summed E-state index contributed by atoms with van der Waals surface area (Å²) in [5.41, 5.74) is 0. The molecule has 0 aliphatic carbocycles. The second-order valence-corrected chi connectivity index (χ2v) is 4.87. The summed E-state index contributed by atoms with van der Waals surface area (Å²) >= 11 is 5.66. The fourth-order valence-electron chi connectivity index (χ4n) is 0.830. The number of hydrogen-bond donors (Lipinski definition) is 0. The highest BCUT2D eigenvalue weighted by atomic mass is 35.5. The average Bonchev–Trinajstić information content (AvgIpc) is 2.06. The van der Waals surface area contributed by atoms with Crippen molar-refractivity contribution in [3.05, 3.63) is 0 Å². The van der Waals surface area contributed by atoms with Gasteiger partial charge in [0.2, 0.25) is 0 Å². The van der Waals surface area contributed by atoms with Gasteiger partial charge in [0, 0.05) is 20.1 Å². The molecule has 0 unspecified atom stereocenters. The Kier molecular flexibility index (Phi) is 7.37. The van der Waals surface area contributed by atoms with Crippen LogP contribution in [0.2, 0.25) is 6.04 Å². The van der Waals surface area contributed by atoms with Crippen LogP contribution in [-0.4, -0.2) is 35.5 Å². The smallest absolute Gasteiger partial charge is 0.134 e. The number of hydrogen-bond acceptors (Lipinski definition) is 2. The van der Waals surface area contributed by atoms with Crippen molar-refractivity contribution >= 4 is 21.1 Å². The van der Waals surface area contributed by atoms with Crippen molar-refractivity contribution in [2.45, 2.75) is 18.9 Å². The molecule has 4 heteroatoms. The van der Waals surface area contributed by atoms with Gasteiger partial charge in [-0.15, -0.1) is 11.6 Å². The van der Waals surface area contributed by atoms with E-state index in [2.05, 4.69) is 6.92 Å². The maximum atomic E-state index is 5.66. The summed E-state index contributed by atoms with van der Waals surface area (Å²) < 4.78 is 10.2. The van der Waals surface area contributed by atoms with Gasteiger partial charge in [-0.2, -0.15) is 0 Å². The molecule has 0 fully saturated rings. The summed E-state index contributed by atoms with van der Waals surface area (Å²) in [5.74, 6) is 1.42. The third kappa shape index (κ3) is 5.67. The maximum Gasteiger partial charge on any atom is 0.134 e. The van der Waals surface area contributed by atoms with Crippen LogP contribution in [0.5, 0.6) is 0 Å². The second-order valence-electron chi connectivity index (χ2n) is 2.74. The van der Waals surface area contributed by atoms with Gasteiger partial charge in [-0.05, 0) is 5.92 Å². The molecule has 0 spiro atoms. The van der Waals surface area contributed by atoms with Crippen LogP contribution in [0.4, 0.5) is 0 Å². The molecule has 0 N–H and O–H groups in total. The minimum Gasteiger partial charge on any atom is -0.360 e. The van der Waals surface area contributed by atoms with Crippen LogP contribution < -0.4 is 0 Å². The summed E-state index contributed by atoms with van der Waals surface area (Å²) in [6, 6.07) is 1.19. The second kappa shape index (κ2) is 7.10. The van der Waals surface area contributed by atoms with Crippen LogP contribution in [0.25, 0.3) is 0 Å². The fraction of sp³-hybridized carbons (Fsp3) is 1.00. The van der Waals surface area contributed by atoms with Crippen LogP contribution in [0.15, 0.2) is 0 Å². The van der Waals surface area contributed by atoms with Crippen molar-refractivity contribution in [2.24, 2.45) is 5.92 Å². The van der Waals surface area contributed by atoms with E-state index in [-0.39, 0.29) is 15.4 Å². The molecule has 0 heterocycles. The van der Waals surface area contributed by atoms with Crippen molar-refractivity contribution in [3.63, 3.8) is 0 Å². The summed E-state index contributed by atoms with van der Waals surface area (Å²) in [6.45, 7) is 2.16. The summed E-state index contributed by atoms with van der Waals surface area (Å²) in [4.78, 5) is 0. The molecule has 0 rings (SSSR count). The first-order chi connectivity index (χ1) is 5.24. The monoisotopic (exact) mass is 196 g/mol. The Labute approximate surface area is 76.0 Å². The van der Waals surface area contributed by atoms with Crippen LogP contribution >= 0.6 is 11.6 Å². The van der Waals surface area contributed by atoms with Crippen LogP contribution in [0, 0.1) is 5.92 Å². The molecule has 0 aromatic carbocycles. The van der Waals surface area contributed by atoms with Crippen molar-refractivity contribution in [2.75, 3.05) is 20.1 Å². The lowest BCUT2D eigenvalue weighted by Crippen LogP contribution is -2.22. The summed E-state index contributed by atoms with van der Waals surface area (Å²) in [5, 5.41) is 0. The Hall–Kier alpha value is 0.427. The standard InChI is InChI=1S/C7H17ClO2Si/c1-6(4-8)5-11-7(9-2)10-3/h6-7H,4-5,11H2,1-3H3/t6-/m1/s1. The highest BCUT2D eigenvalue weighted by Gasteiger charge is 2.08. The van der Waals surface area contributed by atoms with E-state index in [9.17, 15) is 0 Å². The molecular weight excluding hydrogens is 180 g/mol. The van der Waals surface area contributed by atoms with E-state index in [1.807, 2.05) is 0 Å². The lowest BCUT2D eigenvalue weighted by Gasteiger charge is -2.14. The number of alkyl halides is 1. The Balaban J connectivity index is 3.34. The number of halogens is 1. The molecule has 0 radical (unpaired) electrons. The zero-order chi connectivity index (χ0) is 8.69. The molecular formula is C7H17ClO2Si. The lowest BCUT2D eigenvalue weighted by molar-refractivity contribution is -0.0442. The van der Waals surface area contributed by atoms with Gasteiger partial charge in [0.25, 0.3) is 0 Å². The highest BCUT2D eigenvalue weighted by molar-refractivity contribution is 6.36. The highest BCUT2D eigenvalue weighted by Crippen LogP contribution is 2.05. The predicted molar refractivity (Wildman–Crippen MR) is 51.0 cm³/mol. The van der Waals surface area contributed by atoms with Gasteiger partial charge < -0.3 is 9.47 Å². The van der Waals surface area contributed by atoms with Gasteiger partial charge in [0.05, 0.1) is 9.52 Å². The average molecular weight is 197 g/mol. The summed E-state index contributed by atoms with van der Waals surface area (Å²) in [6.07, 6.45) is 0. The van der Waals surface area contributed by atoms with E-state index in [4.69, 9.17) is 21.1 Å². The maximum absolute atomic E-state index is 5.66. The zero-order valence-corrected chi connectivity index (χ0v) is 9.64. The molecule has 0 aromatic rings. The Bertz CT molecular complexity index is 88.5. The number of methoxy groups -OCH3 is 2. The largest absolute Gasteiger partial charge is 0.360 e.